The zero-order valence-corrected chi connectivity index (χ0v) is 21.0. The van der Waals surface area contributed by atoms with Crippen LogP contribution in [0.25, 0.3) is 0 Å². The van der Waals surface area contributed by atoms with E-state index in [1.165, 1.54) is 29.5 Å². The van der Waals surface area contributed by atoms with Crippen LogP contribution >= 0.6 is 0 Å². The summed E-state index contributed by atoms with van der Waals surface area (Å²) in [6, 6.07) is 12.8. The van der Waals surface area contributed by atoms with Gasteiger partial charge in [0.05, 0.1) is 11.0 Å². The molecule has 3 aliphatic carbocycles. The molecule has 1 saturated heterocycles. The van der Waals surface area contributed by atoms with Crippen LogP contribution in [0.5, 0.6) is 11.5 Å². The maximum Gasteiger partial charge on any atom is 0.165 e. The monoisotopic (exact) mass is 474 g/mol. The molecule has 186 valence electrons. The predicted molar refractivity (Wildman–Crippen MR) is 136 cm³/mol. The van der Waals surface area contributed by atoms with E-state index in [1.807, 2.05) is 0 Å². The number of phenols is 1. The van der Waals surface area contributed by atoms with Crippen LogP contribution in [0.1, 0.15) is 74.1 Å². The van der Waals surface area contributed by atoms with Gasteiger partial charge in [-0.25, -0.2) is 0 Å². The fourth-order valence-electron chi connectivity index (χ4n) is 8.19. The summed E-state index contributed by atoms with van der Waals surface area (Å²) >= 11 is 0. The Morgan fingerprint density at radius 3 is 2.74 bits per heavy atom. The summed E-state index contributed by atoms with van der Waals surface area (Å²) in [5.74, 6) is 2.14. The molecule has 5 nitrogen and oxygen atoms in total. The fraction of sp³-hybridized carbons (Fsp3) is 0.600. The third kappa shape index (κ3) is 3.04. The van der Waals surface area contributed by atoms with Gasteiger partial charge in [-0.15, -0.1) is 0 Å². The maximum absolute atomic E-state index is 12.6. The number of phenolic OH excluding ortho intramolecular Hbond substituents is 1. The Balaban J connectivity index is 1.26. The van der Waals surface area contributed by atoms with E-state index in [2.05, 4.69) is 54.4 Å². The molecule has 0 aromatic heterocycles. The van der Waals surface area contributed by atoms with E-state index in [1.54, 1.807) is 6.07 Å². The number of hydrogen-bond donors (Lipinski definition) is 3. The highest BCUT2D eigenvalue weighted by Crippen LogP contribution is 2.65. The van der Waals surface area contributed by atoms with Crippen LogP contribution in [0, 0.1) is 5.92 Å². The average Bonchev–Trinajstić information content (AvgIpc) is 3.59. The first kappa shape index (κ1) is 22.1. The molecule has 2 aliphatic heterocycles. The van der Waals surface area contributed by atoms with E-state index >= 15 is 0 Å². The van der Waals surface area contributed by atoms with Gasteiger partial charge in [0.1, 0.15) is 6.10 Å². The van der Waals surface area contributed by atoms with Crippen molar-refractivity contribution < 1.29 is 14.9 Å². The molecule has 5 heteroatoms. The van der Waals surface area contributed by atoms with Crippen molar-refractivity contribution in [1.82, 2.24) is 10.2 Å². The van der Waals surface area contributed by atoms with Gasteiger partial charge in [-0.05, 0) is 79.7 Å². The molecular weight excluding hydrogens is 436 g/mol. The number of piperidine rings is 1. The number of ether oxygens (including phenoxy) is 1. The van der Waals surface area contributed by atoms with Crippen LogP contribution in [0.2, 0.25) is 0 Å². The molecule has 5 atom stereocenters. The normalized spacial score (nSPS) is 35.1. The molecule has 35 heavy (non-hydrogen) atoms. The number of aliphatic hydroxyl groups is 1. The van der Waals surface area contributed by atoms with Gasteiger partial charge < -0.3 is 20.3 Å². The largest absolute Gasteiger partial charge is 0.504 e. The van der Waals surface area contributed by atoms with Crippen molar-refractivity contribution in [1.29, 1.82) is 0 Å². The van der Waals surface area contributed by atoms with Gasteiger partial charge in [-0.2, -0.15) is 0 Å². The maximum atomic E-state index is 12.6. The van der Waals surface area contributed by atoms with E-state index in [0.717, 1.165) is 56.8 Å². The van der Waals surface area contributed by atoms with Gasteiger partial charge in [0.25, 0.3) is 0 Å². The third-order valence-corrected chi connectivity index (χ3v) is 9.99. The van der Waals surface area contributed by atoms with Crippen LogP contribution < -0.4 is 10.1 Å². The predicted octanol–water partition coefficient (Wildman–Crippen LogP) is 4.24. The molecule has 5 aliphatic rings. The van der Waals surface area contributed by atoms with Crippen LogP contribution in [0.3, 0.4) is 0 Å². The lowest BCUT2D eigenvalue weighted by Gasteiger charge is -2.64. The number of rotatable bonds is 6. The van der Waals surface area contributed by atoms with E-state index in [0.29, 0.717) is 11.7 Å². The second kappa shape index (κ2) is 7.71. The molecule has 0 amide bonds. The smallest absolute Gasteiger partial charge is 0.165 e. The van der Waals surface area contributed by atoms with Crippen molar-refractivity contribution in [3.63, 3.8) is 0 Å². The summed E-state index contributed by atoms with van der Waals surface area (Å²) in [6.07, 6.45) is 5.89. The molecule has 2 saturated carbocycles. The minimum absolute atomic E-state index is 0.129. The first-order valence-corrected chi connectivity index (χ1v) is 13.7. The molecule has 2 aromatic rings. The molecule has 1 spiro atoms. The Morgan fingerprint density at radius 1 is 1.11 bits per heavy atom. The SMILES string of the molecule is CC(C)c1ccccc1CN[C@@H]1CC[C@@]2(O)[C@H]3Cc4ccc(O)c5c4[C@@]2(CCN3CC2CC2)[C@H]1O5. The summed E-state index contributed by atoms with van der Waals surface area (Å²) < 4.78 is 6.69. The molecule has 2 aromatic carbocycles. The number of nitrogens with zero attached hydrogens (tertiary/aromatic N) is 1. The van der Waals surface area contributed by atoms with Crippen molar-refractivity contribution >= 4 is 0 Å². The second-order valence-corrected chi connectivity index (χ2v) is 12.2. The Labute approximate surface area is 208 Å². The van der Waals surface area contributed by atoms with Gasteiger partial charge in [-0.1, -0.05) is 44.2 Å². The lowest BCUT2D eigenvalue weighted by Crippen LogP contribution is -2.78. The zero-order valence-electron chi connectivity index (χ0n) is 21.0. The molecule has 0 radical (unpaired) electrons. The highest BCUT2D eigenvalue weighted by Gasteiger charge is 2.72. The second-order valence-electron chi connectivity index (χ2n) is 12.2. The highest BCUT2D eigenvalue weighted by atomic mass is 16.5. The van der Waals surface area contributed by atoms with Gasteiger partial charge in [0.15, 0.2) is 11.5 Å². The Morgan fingerprint density at radius 2 is 1.94 bits per heavy atom. The summed E-state index contributed by atoms with van der Waals surface area (Å²) in [6.45, 7) is 7.40. The van der Waals surface area contributed by atoms with Crippen molar-refractivity contribution in [3.8, 4) is 11.5 Å². The Bertz CT molecular complexity index is 1160. The van der Waals surface area contributed by atoms with Gasteiger partial charge in [0.2, 0.25) is 0 Å². The average molecular weight is 475 g/mol. The van der Waals surface area contributed by atoms with Gasteiger partial charge in [0, 0.05) is 30.7 Å². The van der Waals surface area contributed by atoms with E-state index in [9.17, 15) is 10.2 Å². The topological polar surface area (TPSA) is 65.0 Å². The van der Waals surface area contributed by atoms with E-state index < -0.39 is 11.0 Å². The van der Waals surface area contributed by atoms with Gasteiger partial charge in [-0.3, -0.25) is 4.90 Å². The zero-order chi connectivity index (χ0) is 23.9. The van der Waals surface area contributed by atoms with Crippen molar-refractivity contribution in [2.24, 2.45) is 5.92 Å². The summed E-state index contributed by atoms with van der Waals surface area (Å²) in [5, 5.41) is 27.3. The van der Waals surface area contributed by atoms with Crippen LogP contribution in [0.4, 0.5) is 0 Å². The fourth-order valence-corrected chi connectivity index (χ4v) is 8.19. The molecule has 0 unspecified atom stereocenters. The Kier molecular flexibility index (Phi) is 4.88. The molecule has 3 fully saturated rings. The molecule has 7 rings (SSSR count). The molecular formula is C30H38N2O3. The third-order valence-electron chi connectivity index (χ3n) is 9.99. The lowest BCUT2D eigenvalue weighted by atomic mass is 9.48. The van der Waals surface area contributed by atoms with Crippen LogP contribution in [-0.2, 0) is 18.4 Å². The number of nitrogens with one attached hydrogen (secondary N) is 1. The summed E-state index contributed by atoms with van der Waals surface area (Å²) in [4.78, 5) is 2.60. The lowest BCUT2D eigenvalue weighted by molar-refractivity contribution is -0.191. The highest BCUT2D eigenvalue weighted by molar-refractivity contribution is 5.62. The van der Waals surface area contributed by atoms with E-state index in [-0.39, 0.29) is 23.9 Å². The number of hydrogen-bond acceptors (Lipinski definition) is 5. The quantitative estimate of drug-likeness (QED) is 0.585. The van der Waals surface area contributed by atoms with Gasteiger partial charge >= 0.3 is 0 Å². The minimum atomic E-state index is -0.815. The molecule has 3 N–H and O–H groups in total. The minimum Gasteiger partial charge on any atom is -0.504 e. The summed E-state index contributed by atoms with van der Waals surface area (Å²) in [7, 11) is 0. The molecule has 2 heterocycles. The van der Waals surface area contributed by atoms with Crippen LogP contribution in [0.15, 0.2) is 36.4 Å². The summed E-state index contributed by atoms with van der Waals surface area (Å²) in [5.41, 5.74) is 3.83. The molecule has 2 bridgehead atoms. The number of benzene rings is 2. The van der Waals surface area contributed by atoms with Crippen molar-refractivity contribution in [2.75, 3.05) is 13.1 Å². The van der Waals surface area contributed by atoms with Crippen molar-refractivity contribution in [3.05, 3.63) is 58.7 Å². The number of aromatic hydroxyl groups is 1. The van der Waals surface area contributed by atoms with Crippen molar-refractivity contribution in [2.45, 2.75) is 94.0 Å². The number of likely N-dealkylation sites (tertiary alicyclic amines) is 1. The standard InChI is InChI=1S/C30H38N2O3/c1-18(2)22-6-4-3-5-21(22)16-31-23-11-12-30(34)25-15-20-9-10-24(33)27-26(20)29(30,28(23)35-27)13-14-32(25)17-19-7-8-19/h3-6,9-10,18-19,23,25,28,31,33-34H,7-8,11-17H2,1-2H3/t23-,25-,28+,29+,30-/m1/s1. The first-order valence-electron chi connectivity index (χ1n) is 13.7. The van der Waals surface area contributed by atoms with E-state index in [4.69, 9.17) is 4.74 Å². The Hall–Kier alpha value is -2.08. The van der Waals surface area contributed by atoms with Crippen LogP contribution in [-0.4, -0.2) is 52.0 Å². The first-order chi connectivity index (χ1) is 16.9.